The maximum absolute atomic E-state index is 12.6. The van der Waals surface area contributed by atoms with E-state index in [1.54, 1.807) is 18.2 Å². The second kappa shape index (κ2) is 8.39. The first-order valence-corrected chi connectivity index (χ1v) is 9.69. The van der Waals surface area contributed by atoms with E-state index in [0.717, 1.165) is 29.8 Å². The molecule has 3 rings (SSSR count). The fourth-order valence-electron chi connectivity index (χ4n) is 3.02. The van der Waals surface area contributed by atoms with Crippen LogP contribution in [0.15, 0.2) is 18.2 Å². The number of ether oxygens (including phenoxy) is 2. The third kappa shape index (κ3) is 4.21. The number of nitrogens with zero attached hydrogens (tertiary/aromatic N) is 1. The Morgan fingerprint density at radius 3 is 2.56 bits per heavy atom. The van der Waals surface area contributed by atoms with Gasteiger partial charge in [-0.05, 0) is 31.4 Å². The number of hydrogen-bond acceptors (Lipinski definition) is 6. The van der Waals surface area contributed by atoms with Gasteiger partial charge in [0.1, 0.15) is 11.5 Å². The summed E-state index contributed by atoms with van der Waals surface area (Å²) in [6.45, 7) is 2.68. The number of anilines is 1. The molecule has 1 aliphatic rings. The minimum Gasteiger partial charge on any atom is -0.497 e. The highest BCUT2D eigenvalue weighted by Gasteiger charge is 2.32. The molecule has 0 spiro atoms. The molecule has 2 amide bonds. The first-order chi connectivity index (χ1) is 13.0. The summed E-state index contributed by atoms with van der Waals surface area (Å²) in [6.07, 6.45) is 2.47. The van der Waals surface area contributed by atoms with Crippen LogP contribution in [0, 0.1) is 0 Å². The summed E-state index contributed by atoms with van der Waals surface area (Å²) in [4.78, 5) is 30.5. The highest BCUT2D eigenvalue weighted by Crippen LogP contribution is 2.38. The number of fused-ring (bicyclic) bond motifs is 1. The van der Waals surface area contributed by atoms with Gasteiger partial charge in [0, 0.05) is 23.1 Å². The topological polar surface area (TPSA) is 89.6 Å². The lowest BCUT2D eigenvalue weighted by Gasteiger charge is -2.10. The molecule has 0 saturated heterocycles. The normalized spacial score (nSPS) is 15.1. The van der Waals surface area contributed by atoms with Crippen LogP contribution < -0.4 is 20.1 Å². The standard InChI is InChI=1S/C19H23N3O4S/c1-4-7-20-18(24)14-5-6-15-16(14)21-19(27-15)22-17(23)11-8-12(25-2)10-13(9-11)26-3/h8-10,14H,4-7H2,1-3H3,(H,20,24)(H,21,22,23). The number of aromatic nitrogens is 1. The van der Waals surface area contributed by atoms with E-state index in [0.29, 0.717) is 28.7 Å². The summed E-state index contributed by atoms with van der Waals surface area (Å²) in [6, 6.07) is 4.98. The molecule has 1 aromatic heterocycles. The van der Waals surface area contributed by atoms with Crippen molar-refractivity contribution in [2.75, 3.05) is 26.1 Å². The molecule has 1 atom stereocenters. The molecule has 0 bridgehead atoms. The monoisotopic (exact) mass is 389 g/mol. The van der Waals surface area contributed by atoms with Crippen molar-refractivity contribution in [1.82, 2.24) is 10.3 Å². The van der Waals surface area contributed by atoms with E-state index in [1.165, 1.54) is 25.6 Å². The molecular weight excluding hydrogens is 366 g/mol. The molecule has 1 aromatic carbocycles. The van der Waals surface area contributed by atoms with Crippen LogP contribution in [0.1, 0.15) is 46.6 Å². The van der Waals surface area contributed by atoms with E-state index in [1.807, 2.05) is 6.92 Å². The lowest BCUT2D eigenvalue weighted by Crippen LogP contribution is -2.29. The molecule has 0 radical (unpaired) electrons. The molecular formula is C19H23N3O4S. The zero-order chi connectivity index (χ0) is 19.4. The zero-order valence-corrected chi connectivity index (χ0v) is 16.4. The van der Waals surface area contributed by atoms with Crippen molar-refractivity contribution in [3.05, 3.63) is 34.3 Å². The summed E-state index contributed by atoms with van der Waals surface area (Å²) in [7, 11) is 3.07. The van der Waals surface area contributed by atoms with Gasteiger partial charge in [-0.15, -0.1) is 11.3 Å². The molecule has 1 heterocycles. The largest absolute Gasteiger partial charge is 0.497 e. The molecule has 1 aliphatic carbocycles. The fourth-order valence-corrected chi connectivity index (χ4v) is 4.05. The average molecular weight is 389 g/mol. The lowest BCUT2D eigenvalue weighted by atomic mass is 10.1. The number of hydrogen-bond donors (Lipinski definition) is 2. The third-order valence-corrected chi connectivity index (χ3v) is 5.46. The van der Waals surface area contributed by atoms with Crippen molar-refractivity contribution in [1.29, 1.82) is 0 Å². The zero-order valence-electron chi connectivity index (χ0n) is 15.6. The summed E-state index contributed by atoms with van der Waals surface area (Å²) in [5.74, 6) is 0.552. The second-order valence-electron chi connectivity index (χ2n) is 6.27. The molecule has 27 heavy (non-hydrogen) atoms. The molecule has 0 aliphatic heterocycles. The van der Waals surface area contributed by atoms with Gasteiger partial charge in [0.2, 0.25) is 5.91 Å². The number of rotatable bonds is 7. The van der Waals surface area contributed by atoms with Gasteiger partial charge in [0.25, 0.3) is 5.91 Å². The van der Waals surface area contributed by atoms with Gasteiger partial charge in [-0.3, -0.25) is 14.9 Å². The van der Waals surface area contributed by atoms with Crippen LogP contribution in [0.25, 0.3) is 0 Å². The Kier molecular flexibility index (Phi) is 5.95. The first-order valence-electron chi connectivity index (χ1n) is 8.87. The fraction of sp³-hybridized carbons (Fsp3) is 0.421. The smallest absolute Gasteiger partial charge is 0.257 e. The molecule has 8 heteroatoms. The molecule has 0 fully saturated rings. The van der Waals surface area contributed by atoms with Gasteiger partial charge in [0.15, 0.2) is 5.13 Å². The summed E-state index contributed by atoms with van der Waals surface area (Å²) < 4.78 is 10.4. The second-order valence-corrected chi connectivity index (χ2v) is 7.35. The van der Waals surface area contributed by atoms with Crippen molar-refractivity contribution >= 4 is 28.3 Å². The van der Waals surface area contributed by atoms with E-state index >= 15 is 0 Å². The highest BCUT2D eigenvalue weighted by molar-refractivity contribution is 7.16. The van der Waals surface area contributed by atoms with Crippen LogP contribution in [0.2, 0.25) is 0 Å². The Morgan fingerprint density at radius 2 is 1.93 bits per heavy atom. The third-order valence-electron chi connectivity index (χ3n) is 4.42. The minimum absolute atomic E-state index is 0.0105. The van der Waals surface area contributed by atoms with Crippen LogP contribution in [-0.2, 0) is 11.2 Å². The quantitative estimate of drug-likeness (QED) is 0.760. The predicted octanol–water partition coefficient (Wildman–Crippen LogP) is 2.97. The summed E-state index contributed by atoms with van der Waals surface area (Å²) >= 11 is 1.42. The van der Waals surface area contributed by atoms with E-state index in [-0.39, 0.29) is 17.7 Å². The van der Waals surface area contributed by atoms with Gasteiger partial charge < -0.3 is 14.8 Å². The number of thiazole rings is 1. The Labute approximate surface area is 162 Å². The lowest BCUT2D eigenvalue weighted by molar-refractivity contribution is -0.122. The van der Waals surface area contributed by atoms with Gasteiger partial charge >= 0.3 is 0 Å². The molecule has 0 saturated carbocycles. The minimum atomic E-state index is -0.299. The van der Waals surface area contributed by atoms with Gasteiger partial charge in [0.05, 0.1) is 25.8 Å². The number of methoxy groups -OCH3 is 2. The average Bonchev–Trinajstić information content (AvgIpc) is 3.25. The Hall–Kier alpha value is -2.61. The van der Waals surface area contributed by atoms with E-state index in [4.69, 9.17) is 9.47 Å². The first kappa shape index (κ1) is 19.2. The van der Waals surface area contributed by atoms with E-state index in [9.17, 15) is 9.59 Å². The maximum Gasteiger partial charge on any atom is 0.257 e. The maximum atomic E-state index is 12.6. The van der Waals surface area contributed by atoms with E-state index in [2.05, 4.69) is 15.6 Å². The predicted molar refractivity (Wildman–Crippen MR) is 104 cm³/mol. The Morgan fingerprint density at radius 1 is 1.22 bits per heavy atom. The number of benzene rings is 1. The van der Waals surface area contributed by atoms with Crippen molar-refractivity contribution in [2.45, 2.75) is 32.1 Å². The number of carbonyl (C=O) groups is 2. The Bertz CT molecular complexity index is 827. The number of amides is 2. The number of carbonyl (C=O) groups excluding carboxylic acids is 2. The molecule has 2 aromatic rings. The van der Waals surface area contributed by atoms with Crippen molar-refractivity contribution in [3.8, 4) is 11.5 Å². The van der Waals surface area contributed by atoms with Gasteiger partial charge in [-0.25, -0.2) is 4.98 Å². The van der Waals surface area contributed by atoms with Crippen molar-refractivity contribution in [3.63, 3.8) is 0 Å². The van der Waals surface area contributed by atoms with Crippen LogP contribution in [0.4, 0.5) is 5.13 Å². The number of aryl methyl sites for hydroxylation is 1. The van der Waals surface area contributed by atoms with E-state index < -0.39 is 0 Å². The summed E-state index contributed by atoms with van der Waals surface area (Å²) in [5, 5.41) is 6.25. The molecule has 144 valence electrons. The number of nitrogens with one attached hydrogen (secondary N) is 2. The van der Waals surface area contributed by atoms with Crippen LogP contribution >= 0.6 is 11.3 Å². The van der Waals surface area contributed by atoms with Gasteiger partial charge in [-0.2, -0.15) is 0 Å². The Balaban J connectivity index is 1.74. The SMILES string of the molecule is CCCNC(=O)C1CCc2sc(NC(=O)c3cc(OC)cc(OC)c3)nc21. The molecule has 7 nitrogen and oxygen atoms in total. The van der Waals surface area contributed by atoms with Crippen molar-refractivity contribution < 1.29 is 19.1 Å². The van der Waals surface area contributed by atoms with Gasteiger partial charge in [-0.1, -0.05) is 6.92 Å². The molecule has 2 N–H and O–H groups in total. The van der Waals surface area contributed by atoms with Crippen LogP contribution in [0.3, 0.4) is 0 Å². The van der Waals surface area contributed by atoms with Crippen molar-refractivity contribution in [2.24, 2.45) is 0 Å². The molecule has 1 unspecified atom stereocenters. The highest BCUT2D eigenvalue weighted by atomic mass is 32.1. The summed E-state index contributed by atoms with van der Waals surface area (Å²) in [5.41, 5.74) is 1.20. The van der Waals surface area contributed by atoms with Crippen LogP contribution in [0.5, 0.6) is 11.5 Å². The van der Waals surface area contributed by atoms with Crippen LogP contribution in [-0.4, -0.2) is 37.6 Å².